The summed E-state index contributed by atoms with van der Waals surface area (Å²) in [5.41, 5.74) is 0.796. The smallest absolute Gasteiger partial charge is 0.309 e. The Bertz CT molecular complexity index is 398. The van der Waals surface area contributed by atoms with Gasteiger partial charge in [-0.1, -0.05) is 19.9 Å². The standard InChI is InChI=1S/C13H18O4/c1-8(2)10(13(16)17-3)6-9-4-5-11(14)12(15)7-9/h4-5,7-8,10,14-15H,6H2,1-3H3/t10-/m1/s1. The van der Waals surface area contributed by atoms with Crippen molar-refractivity contribution < 1.29 is 19.7 Å². The summed E-state index contributed by atoms with van der Waals surface area (Å²) in [4.78, 5) is 11.6. The van der Waals surface area contributed by atoms with Crippen molar-refractivity contribution in [2.24, 2.45) is 11.8 Å². The van der Waals surface area contributed by atoms with E-state index >= 15 is 0 Å². The monoisotopic (exact) mass is 238 g/mol. The SMILES string of the molecule is COC(=O)[C@H](Cc1ccc(O)c(O)c1)C(C)C. The van der Waals surface area contributed by atoms with Crippen LogP contribution in [0.3, 0.4) is 0 Å². The van der Waals surface area contributed by atoms with Gasteiger partial charge < -0.3 is 14.9 Å². The second kappa shape index (κ2) is 5.57. The van der Waals surface area contributed by atoms with Crippen molar-refractivity contribution in [1.82, 2.24) is 0 Å². The van der Waals surface area contributed by atoms with Crippen LogP contribution in [-0.4, -0.2) is 23.3 Å². The van der Waals surface area contributed by atoms with E-state index in [4.69, 9.17) is 4.74 Å². The van der Waals surface area contributed by atoms with Crippen LogP contribution < -0.4 is 0 Å². The lowest BCUT2D eigenvalue weighted by Gasteiger charge is -2.18. The summed E-state index contributed by atoms with van der Waals surface area (Å²) in [6.07, 6.45) is 0.484. The van der Waals surface area contributed by atoms with Crippen LogP contribution in [0, 0.1) is 11.8 Å². The molecule has 17 heavy (non-hydrogen) atoms. The van der Waals surface area contributed by atoms with E-state index in [9.17, 15) is 15.0 Å². The van der Waals surface area contributed by atoms with Gasteiger partial charge in [-0.15, -0.1) is 0 Å². The number of aromatic hydroxyl groups is 2. The summed E-state index contributed by atoms with van der Waals surface area (Å²) in [5, 5.41) is 18.6. The van der Waals surface area contributed by atoms with Crippen LogP contribution in [0.15, 0.2) is 18.2 Å². The predicted octanol–water partition coefficient (Wildman–Crippen LogP) is 2.09. The summed E-state index contributed by atoms with van der Waals surface area (Å²) < 4.78 is 4.75. The first-order chi connectivity index (χ1) is 7.95. The fraction of sp³-hybridized carbons (Fsp3) is 0.462. The Labute approximate surface area is 101 Å². The Morgan fingerprint density at radius 3 is 2.41 bits per heavy atom. The van der Waals surface area contributed by atoms with E-state index < -0.39 is 0 Å². The zero-order valence-corrected chi connectivity index (χ0v) is 10.3. The number of hydrogen-bond donors (Lipinski definition) is 2. The minimum absolute atomic E-state index is 0.151. The maximum absolute atomic E-state index is 11.6. The molecule has 0 radical (unpaired) electrons. The Hall–Kier alpha value is -1.71. The van der Waals surface area contributed by atoms with Crippen LogP contribution >= 0.6 is 0 Å². The van der Waals surface area contributed by atoms with Gasteiger partial charge in [-0.05, 0) is 30.0 Å². The van der Waals surface area contributed by atoms with Gasteiger partial charge in [0.05, 0.1) is 13.0 Å². The molecule has 2 N–H and O–H groups in total. The van der Waals surface area contributed by atoms with E-state index in [0.717, 1.165) is 5.56 Å². The van der Waals surface area contributed by atoms with Crippen LogP contribution in [-0.2, 0) is 16.0 Å². The number of hydrogen-bond acceptors (Lipinski definition) is 4. The molecule has 0 aliphatic rings. The molecule has 1 aromatic rings. The highest BCUT2D eigenvalue weighted by Crippen LogP contribution is 2.27. The summed E-state index contributed by atoms with van der Waals surface area (Å²) in [6, 6.07) is 4.57. The van der Waals surface area contributed by atoms with Gasteiger partial charge in [0, 0.05) is 0 Å². The van der Waals surface area contributed by atoms with Crippen LogP contribution in [0.1, 0.15) is 19.4 Å². The first kappa shape index (κ1) is 13.4. The zero-order chi connectivity index (χ0) is 13.0. The van der Waals surface area contributed by atoms with Crippen molar-refractivity contribution in [1.29, 1.82) is 0 Å². The molecule has 0 fully saturated rings. The molecule has 0 aromatic heterocycles. The van der Waals surface area contributed by atoms with Crippen molar-refractivity contribution in [3.05, 3.63) is 23.8 Å². The van der Waals surface area contributed by atoms with Crippen LogP contribution in [0.25, 0.3) is 0 Å². The van der Waals surface area contributed by atoms with Gasteiger partial charge in [-0.3, -0.25) is 4.79 Å². The average molecular weight is 238 g/mol. The minimum Gasteiger partial charge on any atom is -0.504 e. The number of ether oxygens (including phenoxy) is 1. The molecule has 0 spiro atoms. The van der Waals surface area contributed by atoms with Gasteiger partial charge in [-0.2, -0.15) is 0 Å². The molecule has 0 aliphatic heterocycles. The molecular weight excluding hydrogens is 220 g/mol. The molecule has 0 aliphatic carbocycles. The largest absolute Gasteiger partial charge is 0.504 e. The quantitative estimate of drug-likeness (QED) is 0.622. The lowest BCUT2D eigenvalue weighted by molar-refractivity contribution is -0.146. The van der Waals surface area contributed by atoms with Crippen molar-refractivity contribution in [2.75, 3.05) is 7.11 Å². The van der Waals surface area contributed by atoms with Crippen molar-refractivity contribution in [3.63, 3.8) is 0 Å². The number of phenolic OH excluding ortho intramolecular Hbond substituents is 2. The summed E-state index contributed by atoms with van der Waals surface area (Å²) in [7, 11) is 1.37. The third-order valence-electron chi connectivity index (χ3n) is 2.80. The first-order valence-electron chi connectivity index (χ1n) is 5.54. The molecule has 1 rings (SSSR count). The maximum Gasteiger partial charge on any atom is 0.309 e. The lowest BCUT2D eigenvalue weighted by Crippen LogP contribution is -2.23. The third kappa shape index (κ3) is 3.37. The van der Waals surface area contributed by atoms with Gasteiger partial charge in [0.1, 0.15) is 0 Å². The van der Waals surface area contributed by atoms with Crippen molar-refractivity contribution >= 4 is 5.97 Å². The van der Waals surface area contributed by atoms with Gasteiger partial charge in [0.15, 0.2) is 11.5 Å². The van der Waals surface area contributed by atoms with Crippen molar-refractivity contribution in [3.8, 4) is 11.5 Å². The molecule has 0 saturated carbocycles. The van der Waals surface area contributed by atoms with Gasteiger partial charge in [0.2, 0.25) is 0 Å². The van der Waals surface area contributed by atoms with E-state index in [0.29, 0.717) is 6.42 Å². The molecule has 0 saturated heterocycles. The molecule has 1 aromatic carbocycles. The predicted molar refractivity (Wildman–Crippen MR) is 63.8 cm³/mol. The van der Waals surface area contributed by atoms with Gasteiger partial charge >= 0.3 is 5.97 Å². The highest BCUT2D eigenvalue weighted by molar-refractivity contribution is 5.73. The fourth-order valence-electron chi connectivity index (χ4n) is 1.69. The Kier molecular flexibility index (Phi) is 4.37. The third-order valence-corrected chi connectivity index (χ3v) is 2.80. The summed E-state index contributed by atoms with van der Waals surface area (Å²) in [6.45, 7) is 3.89. The van der Waals surface area contributed by atoms with Crippen molar-refractivity contribution in [2.45, 2.75) is 20.3 Å². The molecular formula is C13H18O4. The summed E-state index contributed by atoms with van der Waals surface area (Å²) in [5.74, 6) is -0.683. The van der Waals surface area contributed by atoms with Crippen LogP contribution in [0.5, 0.6) is 11.5 Å². The Morgan fingerprint density at radius 1 is 1.29 bits per heavy atom. The Morgan fingerprint density at radius 2 is 1.94 bits per heavy atom. The van der Waals surface area contributed by atoms with Gasteiger partial charge in [0.25, 0.3) is 0 Å². The number of methoxy groups -OCH3 is 1. The maximum atomic E-state index is 11.6. The highest BCUT2D eigenvalue weighted by atomic mass is 16.5. The van der Waals surface area contributed by atoms with Gasteiger partial charge in [-0.25, -0.2) is 0 Å². The number of carbonyl (C=O) groups is 1. The molecule has 0 bridgehead atoms. The topological polar surface area (TPSA) is 66.8 Å². The van der Waals surface area contributed by atoms with E-state index in [1.807, 2.05) is 13.8 Å². The van der Waals surface area contributed by atoms with Crippen LogP contribution in [0.2, 0.25) is 0 Å². The lowest BCUT2D eigenvalue weighted by atomic mass is 9.89. The van der Waals surface area contributed by atoms with E-state index in [1.54, 1.807) is 6.07 Å². The zero-order valence-electron chi connectivity index (χ0n) is 10.3. The fourth-order valence-corrected chi connectivity index (χ4v) is 1.69. The van der Waals surface area contributed by atoms with E-state index in [-0.39, 0.29) is 29.3 Å². The summed E-state index contributed by atoms with van der Waals surface area (Å²) >= 11 is 0. The number of phenols is 2. The molecule has 94 valence electrons. The molecule has 4 nitrogen and oxygen atoms in total. The number of carbonyl (C=O) groups excluding carboxylic acids is 1. The molecule has 4 heteroatoms. The highest BCUT2D eigenvalue weighted by Gasteiger charge is 2.23. The van der Waals surface area contributed by atoms with Crippen LogP contribution in [0.4, 0.5) is 0 Å². The van der Waals surface area contributed by atoms with E-state index in [2.05, 4.69) is 0 Å². The number of benzene rings is 1. The molecule has 1 atom stereocenters. The number of esters is 1. The first-order valence-corrected chi connectivity index (χ1v) is 5.54. The minimum atomic E-state index is -0.257. The molecule has 0 amide bonds. The second-order valence-corrected chi connectivity index (χ2v) is 4.40. The Balaban J connectivity index is 2.86. The van der Waals surface area contributed by atoms with E-state index in [1.165, 1.54) is 19.2 Å². The molecule has 0 heterocycles. The average Bonchev–Trinajstić information content (AvgIpc) is 2.29. The normalized spacial score (nSPS) is 12.5. The molecule has 0 unspecified atom stereocenters. The number of rotatable bonds is 4. The second-order valence-electron chi connectivity index (χ2n) is 4.40.